The molecule has 0 aromatic carbocycles. The minimum absolute atomic E-state index is 0. The monoisotopic (exact) mass is 180 g/mol. The first-order valence-corrected chi connectivity index (χ1v) is 3.57. The summed E-state index contributed by atoms with van der Waals surface area (Å²) < 4.78 is 20.5. The van der Waals surface area contributed by atoms with E-state index in [1.165, 1.54) is 18.5 Å². The van der Waals surface area contributed by atoms with Gasteiger partial charge >= 0.3 is 29.6 Å². The Morgan fingerprint density at radius 3 is 2.55 bits per heavy atom. The molecule has 54 valence electrons. The number of nitrogen functional groups attached to an aromatic ring is 1. The first kappa shape index (κ1) is 11.1. The molecule has 0 saturated carbocycles. The van der Waals surface area contributed by atoms with Gasteiger partial charge in [-0.05, 0) is 17.1 Å². The molecule has 0 bridgehead atoms. The molecule has 0 aliphatic heterocycles. The van der Waals surface area contributed by atoms with E-state index in [0.717, 1.165) is 0 Å². The van der Waals surface area contributed by atoms with Crippen LogP contribution in [0.2, 0.25) is 0 Å². The summed E-state index contributed by atoms with van der Waals surface area (Å²) in [6.45, 7) is 0. The molecule has 1 aromatic rings. The molecule has 1 heterocycles. The minimum atomic E-state index is -2.23. The van der Waals surface area contributed by atoms with E-state index in [-0.39, 0.29) is 34.5 Å². The largest absolute Gasteiger partial charge is 1.00 e. The van der Waals surface area contributed by atoms with Crippen molar-refractivity contribution in [2.24, 2.45) is 0 Å². The molecule has 1 aromatic heterocycles. The van der Waals surface area contributed by atoms with Gasteiger partial charge < -0.3 is 10.3 Å². The van der Waals surface area contributed by atoms with Crippen molar-refractivity contribution < 1.29 is 38.3 Å². The predicted octanol–water partition coefficient (Wildman–Crippen LogP) is -3.09. The molecule has 0 saturated heterocycles. The SMILES string of the molecule is Nc1cncc(S(=O)[O-])c1.[Na+]. The number of pyridine rings is 1. The van der Waals surface area contributed by atoms with E-state index in [9.17, 15) is 8.76 Å². The Hall–Kier alpha value is 0.0600. The summed E-state index contributed by atoms with van der Waals surface area (Å²) in [7, 11) is 0. The molecule has 0 amide bonds. The minimum Gasteiger partial charge on any atom is -0.768 e. The van der Waals surface area contributed by atoms with Crippen molar-refractivity contribution in [1.29, 1.82) is 0 Å². The molecular weight excluding hydrogens is 175 g/mol. The topological polar surface area (TPSA) is 79.0 Å². The van der Waals surface area contributed by atoms with Crippen molar-refractivity contribution in [2.45, 2.75) is 4.90 Å². The molecule has 0 spiro atoms. The second kappa shape index (κ2) is 4.84. The van der Waals surface area contributed by atoms with Crippen molar-refractivity contribution in [3.63, 3.8) is 0 Å². The van der Waals surface area contributed by atoms with Crippen molar-refractivity contribution >= 4 is 16.8 Å². The van der Waals surface area contributed by atoms with Gasteiger partial charge in [-0.2, -0.15) is 0 Å². The molecule has 0 fully saturated rings. The molecule has 0 aliphatic carbocycles. The summed E-state index contributed by atoms with van der Waals surface area (Å²) in [4.78, 5) is 3.70. The van der Waals surface area contributed by atoms with Crippen LogP contribution in [0.15, 0.2) is 23.4 Å². The zero-order valence-corrected chi connectivity index (χ0v) is 8.80. The predicted molar refractivity (Wildman–Crippen MR) is 35.8 cm³/mol. The number of aromatic nitrogens is 1. The van der Waals surface area contributed by atoms with Crippen LogP contribution >= 0.6 is 0 Å². The molecule has 1 rings (SSSR count). The zero-order valence-electron chi connectivity index (χ0n) is 5.98. The number of hydrogen-bond acceptors (Lipinski definition) is 4. The van der Waals surface area contributed by atoms with E-state index in [1.807, 2.05) is 0 Å². The van der Waals surface area contributed by atoms with Crippen LogP contribution in [0, 0.1) is 0 Å². The van der Waals surface area contributed by atoms with Crippen molar-refractivity contribution in [3.05, 3.63) is 18.5 Å². The Labute approximate surface area is 88.8 Å². The van der Waals surface area contributed by atoms with E-state index in [2.05, 4.69) is 4.98 Å². The summed E-state index contributed by atoms with van der Waals surface area (Å²) >= 11 is -2.23. The molecule has 6 heteroatoms. The van der Waals surface area contributed by atoms with Crippen LogP contribution in [-0.2, 0) is 11.1 Å². The van der Waals surface area contributed by atoms with Crippen LogP contribution < -0.4 is 35.3 Å². The number of rotatable bonds is 1. The van der Waals surface area contributed by atoms with Crippen molar-refractivity contribution in [3.8, 4) is 0 Å². The van der Waals surface area contributed by atoms with Crippen LogP contribution in [0.4, 0.5) is 5.69 Å². The maximum atomic E-state index is 10.3. The van der Waals surface area contributed by atoms with Crippen LogP contribution in [0.5, 0.6) is 0 Å². The van der Waals surface area contributed by atoms with Gasteiger partial charge in [0.25, 0.3) is 0 Å². The van der Waals surface area contributed by atoms with E-state index < -0.39 is 11.1 Å². The Kier molecular flexibility index (Phi) is 4.87. The molecule has 1 unspecified atom stereocenters. The van der Waals surface area contributed by atoms with Gasteiger partial charge in [0.15, 0.2) is 0 Å². The summed E-state index contributed by atoms with van der Waals surface area (Å²) in [5.74, 6) is 0. The van der Waals surface area contributed by atoms with Gasteiger partial charge in [-0.3, -0.25) is 9.19 Å². The molecular formula is C5H5N2NaO2S. The number of nitrogens with two attached hydrogens (primary N) is 1. The summed E-state index contributed by atoms with van der Waals surface area (Å²) in [6, 6.07) is 1.34. The van der Waals surface area contributed by atoms with E-state index in [4.69, 9.17) is 5.73 Å². The number of anilines is 1. The third kappa shape index (κ3) is 3.31. The maximum absolute atomic E-state index is 10.3. The van der Waals surface area contributed by atoms with Gasteiger partial charge in [0.2, 0.25) is 0 Å². The van der Waals surface area contributed by atoms with Crippen molar-refractivity contribution in [2.75, 3.05) is 5.73 Å². The first-order chi connectivity index (χ1) is 4.70. The summed E-state index contributed by atoms with van der Waals surface area (Å²) in [5, 5.41) is 0. The van der Waals surface area contributed by atoms with Gasteiger partial charge in [-0.15, -0.1) is 0 Å². The molecule has 0 radical (unpaired) electrons. The smallest absolute Gasteiger partial charge is 0.768 e. The van der Waals surface area contributed by atoms with Gasteiger partial charge in [0.1, 0.15) is 0 Å². The molecule has 0 aliphatic rings. The van der Waals surface area contributed by atoms with Gasteiger partial charge in [-0.1, -0.05) is 0 Å². The van der Waals surface area contributed by atoms with E-state index >= 15 is 0 Å². The fourth-order valence-electron chi connectivity index (χ4n) is 0.527. The van der Waals surface area contributed by atoms with Crippen molar-refractivity contribution in [1.82, 2.24) is 4.98 Å². The van der Waals surface area contributed by atoms with E-state index in [0.29, 0.717) is 5.69 Å². The Morgan fingerprint density at radius 2 is 2.18 bits per heavy atom. The fourth-order valence-corrected chi connectivity index (χ4v) is 0.906. The Morgan fingerprint density at radius 1 is 1.55 bits per heavy atom. The first-order valence-electron chi connectivity index (χ1n) is 2.50. The standard InChI is InChI=1S/C5H6N2O2S.Na/c6-4-1-5(10(8)9)3-7-2-4;/h1-3H,6H2,(H,8,9);/q;+1/p-1. The molecule has 2 N–H and O–H groups in total. The fraction of sp³-hybridized carbons (Fsp3) is 0. The van der Waals surface area contributed by atoms with Crippen LogP contribution in [-0.4, -0.2) is 13.7 Å². The maximum Gasteiger partial charge on any atom is 1.00 e. The van der Waals surface area contributed by atoms with Gasteiger partial charge in [-0.25, -0.2) is 0 Å². The zero-order chi connectivity index (χ0) is 7.56. The van der Waals surface area contributed by atoms with Crippen LogP contribution in [0.25, 0.3) is 0 Å². The second-order valence-electron chi connectivity index (χ2n) is 1.69. The van der Waals surface area contributed by atoms with E-state index in [1.54, 1.807) is 0 Å². The van der Waals surface area contributed by atoms with Gasteiger partial charge in [0, 0.05) is 17.3 Å². The van der Waals surface area contributed by atoms with Crippen LogP contribution in [0.1, 0.15) is 0 Å². The second-order valence-corrected chi connectivity index (χ2v) is 2.63. The molecule has 11 heavy (non-hydrogen) atoms. The number of nitrogens with zero attached hydrogens (tertiary/aromatic N) is 1. The Balaban J connectivity index is 0.000001000. The molecule has 4 nitrogen and oxygen atoms in total. The van der Waals surface area contributed by atoms with Crippen LogP contribution in [0.3, 0.4) is 0 Å². The third-order valence-electron chi connectivity index (χ3n) is 0.927. The quantitative estimate of drug-likeness (QED) is 0.367. The average molecular weight is 180 g/mol. The summed E-state index contributed by atoms with van der Waals surface area (Å²) in [6.07, 6.45) is 2.62. The normalized spacial score (nSPS) is 11.7. The number of hydrogen-bond donors (Lipinski definition) is 1. The summed E-state index contributed by atoms with van der Waals surface area (Å²) in [5.41, 5.74) is 5.61. The van der Waals surface area contributed by atoms with Gasteiger partial charge in [0.05, 0.1) is 5.69 Å². The molecule has 1 atom stereocenters. The Bertz CT molecular complexity index is 268. The average Bonchev–Trinajstić information content (AvgIpc) is 1.88. The third-order valence-corrected chi connectivity index (χ3v) is 1.53.